The molecular weight excluding hydrogens is 334 g/mol. The summed E-state index contributed by atoms with van der Waals surface area (Å²) in [7, 11) is 0. The first-order valence-electron chi connectivity index (χ1n) is 8.32. The molecule has 25 heavy (non-hydrogen) atoms. The maximum atomic E-state index is 9.28. The third-order valence-electron chi connectivity index (χ3n) is 4.59. The zero-order valence-corrected chi connectivity index (χ0v) is 14.5. The number of imidazole rings is 1. The molecule has 0 bridgehead atoms. The van der Waals surface area contributed by atoms with E-state index in [1.807, 2.05) is 53.2 Å². The van der Waals surface area contributed by atoms with E-state index >= 15 is 0 Å². The molecular formula is C19H18ClN5. The molecule has 2 aromatic heterocycles. The van der Waals surface area contributed by atoms with E-state index in [2.05, 4.69) is 20.9 Å². The topological polar surface area (TPSA) is 47.6 Å². The second-order valence-electron chi connectivity index (χ2n) is 6.24. The predicted octanol–water partition coefficient (Wildman–Crippen LogP) is 3.18. The molecule has 0 unspecified atom stereocenters. The highest BCUT2D eigenvalue weighted by Crippen LogP contribution is 2.21. The zero-order valence-electron chi connectivity index (χ0n) is 13.8. The van der Waals surface area contributed by atoms with Gasteiger partial charge in [-0.1, -0.05) is 23.7 Å². The zero-order chi connectivity index (χ0) is 17.2. The van der Waals surface area contributed by atoms with Crippen LogP contribution in [-0.2, 0) is 6.54 Å². The molecule has 3 heterocycles. The van der Waals surface area contributed by atoms with Gasteiger partial charge in [0.05, 0.1) is 22.0 Å². The summed E-state index contributed by atoms with van der Waals surface area (Å²) in [6.07, 6.45) is 3.92. The second-order valence-corrected chi connectivity index (χ2v) is 6.67. The molecule has 6 heteroatoms. The third kappa shape index (κ3) is 3.32. The van der Waals surface area contributed by atoms with Gasteiger partial charge in [-0.2, -0.15) is 5.26 Å². The summed E-state index contributed by atoms with van der Waals surface area (Å²) < 4.78 is 1.97. The van der Waals surface area contributed by atoms with Crippen LogP contribution in [0.25, 0.3) is 5.65 Å². The fourth-order valence-electron chi connectivity index (χ4n) is 3.31. The molecule has 1 aliphatic heterocycles. The number of hydrogen-bond donors (Lipinski definition) is 0. The van der Waals surface area contributed by atoms with Crippen molar-refractivity contribution in [3.05, 3.63) is 65.1 Å². The van der Waals surface area contributed by atoms with Crippen molar-refractivity contribution in [1.82, 2.24) is 14.3 Å². The van der Waals surface area contributed by atoms with Gasteiger partial charge in [0, 0.05) is 45.1 Å². The molecule has 0 radical (unpaired) electrons. The van der Waals surface area contributed by atoms with Crippen LogP contribution >= 0.6 is 11.6 Å². The van der Waals surface area contributed by atoms with E-state index in [4.69, 9.17) is 11.6 Å². The van der Waals surface area contributed by atoms with Crippen LogP contribution < -0.4 is 4.90 Å². The SMILES string of the molecule is N#Cc1ccccc1N1CCN(Cc2cn3cc(Cl)ccc3n2)CC1. The van der Waals surface area contributed by atoms with Crippen molar-refractivity contribution < 1.29 is 0 Å². The van der Waals surface area contributed by atoms with Crippen LogP contribution in [0.3, 0.4) is 0 Å². The van der Waals surface area contributed by atoms with Gasteiger partial charge in [0.15, 0.2) is 0 Å². The quantitative estimate of drug-likeness (QED) is 0.727. The number of aromatic nitrogens is 2. The summed E-state index contributed by atoms with van der Waals surface area (Å²) >= 11 is 6.03. The van der Waals surface area contributed by atoms with Gasteiger partial charge in [0.1, 0.15) is 11.7 Å². The molecule has 0 saturated carbocycles. The molecule has 1 aliphatic rings. The number of piperazine rings is 1. The molecule has 126 valence electrons. The van der Waals surface area contributed by atoms with Crippen LogP contribution in [0.4, 0.5) is 5.69 Å². The van der Waals surface area contributed by atoms with Crippen molar-refractivity contribution >= 4 is 22.9 Å². The Hall–Kier alpha value is -2.55. The first-order chi connectivity index (χ1) is 12.2. The minimum atomic E-state index is 0.709. The molecule has 1 aromatic carbocycles. The van der Waals surface area contributed by atoms with E-state index in [0.717, 1.165) is 55.3 Å². The van der Waals surface area contributed by atoms with Crippen molar-refractivity contribution in [2.75, 3.05) is 31.1 Å². The molecule has 3 aromatic rings. The number of rotatable bonds is 3. The predicted molar refractivity (Wildman–Crippen MR) is 98.8 cm³/mol. The fraction of sp³-hybridized carbons (Fsp3) is 0.263. The van der Waals surface area contributed by atoms with Crippen LogP contribution in [-0.4, -0.2) is 40.5 Å². The molecule has 1 saturated heterocycles. The van der Waals surface area contributed by atoms with Gasteiger partial charge < -0.3 is 9.30 Å². The van der Waals surface area contributed by atoms with Crippen LogP contribution in [0.2, 0.25) is 5.02 Å². The normalized spacial score (nSPS) is 15.4. The summed E-state index contributed by atoms with van der Waals surface area (Å²) in [5.74, 6) is 0. The minimum absolute atomic E-state index is 0.709. The highest BCUT2D eigenvalue weighted by atomic mass is 35.5. The van der Waals surface area contributed by atoms with Gasteiger partial charge in [0.2, 0.25) is 0 Å². The molecule has 0 amide bonds. The van der Waals surface area contributed by atoms with Gasteiger partial charge in [-0.25, -0.2) is 4.98 Å². The first kappa shape index (κ1) is 15.9. The number of para-hydroxylation sites is 1. The van der Waals surface area contributed by atoms with Crippen LogP contribution in [0.1, 0.15) is 11.3 Å². The van der Waals surface area contributed by atoms with Crippen molar-refractivity contribution in [2.24, 2.45) is 0 Å². The molecule has 0 spiro atoms. The highest BCUT2D eigenvalue weighted by molar-refractivity contribution is 6.30. The number of benzene rings is 1. The van der Waals surface area contributed by atoms with E-state index in [1.54, 1.807) is 0 Å². The van der Waals surface area contributed by atoms with Gasteiger partial charge in [-0.05, 0) is 24.3 Å². The van der Waals surface area contributed by atoms with Crippen LogP contribution in [0, 0.1) is 11.3 Å². The lowest BCUT2D eigenvalue weighted by Gasteiger charge is -2.36. The Morgan fingerprint density at radius 1 is 1.04 bits per heavy atom. The number of nitrogens with zero attached hydrogens (tertiary/aromatic N) is 5. The van der Waals surface area contributed by atoms with Crippen LogP contribution in [0.5, 0.6) is 0 Å². The number of fused-ring (bicyclic) bond motifs is 1. The van der Waals surface area contributed by atoms with Gasteiger partial charge in [-0.15, -0.1) is 0 Å². The monoisotopic (exact) mass is 351 g/mol. The summed E-state index contributed by atoms with van der Waals surface area (Å²) in [5.41, 5.74) is 3.74. The number of anilines is 1. The Morgan fingerprint density at radius 3 is 2.64 bits per heavy atom. The standard InChI is InChI=1S/C19H18ClN5/c20-16-5-6-19-22-17(14-25(19)12-16)13-23-7-9-24(10-8-23)18-4-2-1-3-15(18)11-21/h1-6,12,14H,7-10,13H2. The second kappa shape index (κ2) is 6.75. The van der Waals surface area contributed by atoms with E-state index in [0.29, 0.717) is 5.02 Å². The van der Waals surface area contributed by atoms with Crippen LogP contribution in [0.15, 0.2) is 48.8 Å². The fourth-order valence-corrected chi connectivity index (χ4v) is 3.48. The van der Waals surface area contributed by atoms with Crippen molar-refractivity contribution in [1.29, 1.82) is 5.26 Å². The lowest BCUT2D eigenvalue weighted by Crippen LogP contribution is -2.46. The highest BCUT2D eigenvalue weighted by Gasteiger charge is 2.19. The first-order valence-corrected chi connectivity index (χ1v) is 8.70. The molecule has 0 aliphatic carbocycles. The smallest absolute Gasteiger partial charge is 0.137 e. The van der Waals surface area contributed by atoms with Gasteiger partial charge >= 0.3 is 0 Å². The van der Waals surface area contributed by atoms with E-state index in [1.165, 1.54) is 0 Å². The Kier molecular flexibility index (Phi) is 4.31. The molecule has 0 N–H and O–H groups in total. The number of halogens is 1. The van der Waals surface area contributed by atoms with Crippen molar-refractivity contribution in [2.45, 2.75) is 6.54 Å². The Balaban J connectivity index is 1.42. The van der Waals surface area contributed by atoms with Crippen molar-refractivity contribution in [3.63, 3.8) is 0 Å². The number of nitriles is 1. The Morgan fingerprint density at radius 2 is 1.84 bits per heavy atom. The molecule has 1 fully saturated rings. The molecule has 0 atom stereocenters. The summed E-state index contributed by atoms with van der Waals surface area (Å²) in [4.78, 5) is 9.35. The molecule has 4 rings (SSSR count). The van der Waals surface area contributed by atoms with Gasteiger partial charge in [-0.3, -0.25) is 4.90 Å². The Labute approximate surface area is 151 Å². The average Bonchev–Trinajstić information content (AvgIpc) is 3.03. The lowest BCUT2D eigenvalue weighted by atomic mass is 10.1. The maximum Gasteiger partial charge on any atom is 0.137 e. The summed E-state index contributed by atoms with van der Waals surface area (Å²) in [6, 6.07) is 13.9. The van der Waals surface area contributed by atoms with Gasteiger partial charge in [0.25, 0.3) is 0 Å². The average molecular weight is 352 g/mol. The number of hydrogen-bond acceptors (Lipinski definition) is 4. The largest absolute Gasteiger partial charge is 0.368 e. The Bertz CT molecular complexity index is 934. The van der Waals surface area contributed by atoms with E-state index in [9.17, 15) is 5.26 Å². The summed E-state index contributed by atoms with van der Waals surface area (Å²) in [6.45, 7) is 4.56. The minimum Gasteiger partial charge on any atom is -0.368 e. The summed E-state index contributed by atoms with van der Waals surface area (Å²) in [5, 5.41) is 9.99. The van der Waals surface area contributed by atoms with E-state index in [-0.39, 0.29) is 0 Å². The van der Waals surface area contributed by atoms with Crippen molar-refractivity contribution in [3.8, 4) is 6.07 Å². The number of pyridine rings is 1. The molecule has 5 nitrogen and oxygen atoms in total. The third-order valence-corrected chi connectivity index (χ3v) is 4.81. The maximum absolute atomic E-state index is 9.28. The lowest BCUT2D eigenvalue weighted by molar-refractivity contribution is 0.247. The van der Waals surface area contributed by atoms with E-state index < -0.39 is 0 Å².